The molecule has 0 spiro atoms. The molecule has 112 valence electrons. The van der Waals surface area contributed by atoms with E-state index in [9.17, 15) is 24.9 Å². The predicted molar refractivity (Wildman–Crippen MR) is 65.5 cm³/mol. The van der Waals surface area contributed by atoms with Gasteiger partial charge in [-0.05, 0) is 18.8 Å². The van der Waals surface area contributed by atoms with Gasteiger partial charge in [0.05, 0.1) is 25.7 Å². The highest BCUT2D eigenvalue weighted by atomic mass is 16.4. The summed E-state index contributed by atoms with van der Waals surface area (Å²) in [6, 6.07) is 0. The minimum atomic E-state index is -1.29. The largest absolute Gasteiger partial charge is 0.481 e. The third-order valence-electron chi connectivity index (χ3n) is 3.74. The molecule has 0 aliphatic heterocycles. The first-order chi connectivity index (χ1) is 8.84. The second kappa shape index (κ2) is 8.08. The molecule has 0 rings (SSSR count). The van der Waals surface area contributed by atoms with E-state index in [1.54, 1.807) is 0 Å². The van der Waals surface area contributed by atoms with Crippen molar-refractivity contribution in [1.29, 1.82) is 0 Å². The fourth-order valence-electron chi connectivity index (χ4n) is 2.07. The summed E-state index contributed by atoms with van der Waals surface area (Å²) in [7, 11) is 0. The lowest BCUT2D eigenvalue weighted by Gasteiger charge is -2.37. The van der Waals surface area contributed by atoms with E-state index in [4.69, 9.17) is 10.2 Å². The zero-order valence-electron chi connectivity index (χ0n) is 10.9. The fraction of sp³-hybridized carbons (Fsp3) is 0.833. The second-order valence-electron chi connectivity index (χ2n) is 4.86. The number of carbonyl (C=O) groups is 2. The Kier molecular flexibility index (Phi) is 7.58. The zero-order valence-corrected chi connectivity index (χ0v) is 10.9. The molecule has 0 aliphatic rings. The number of hydrogen-bond donors (Lipinski definition) is 5. The number of aliphatic carboxylic acids is 2. The maximum absolute atomic E-state index is 11.2. The van der Waals surface area contributed by atoms with Gasteiger partial charge in [-0.3, -0.25) is 9.59 Å². The number of hydrogen-bond acceptors (Lipinski definition) is 5. The van der Waals surface area contributed by atoms with Crippen molar-refractivity contribution in [2.45, 2.75) is 26.2 Å². The minimum Gasteiger partial charge on any atom is -0.481 e. The molecule has 0 aromatic carbocycles. The topological polar surface area (TPSA) is 135 Å². The Bertz CT molecular complexity index is 290. The number of rotatable bonds is 10. The highest BCUT2D eigenvalue weighted by Gasteiger charge is 2.41. The van der Waals surface area contributed by atoms with Crippen LogP contribution in [-0.4, -0.2) is 57.3 Å². The third kappa shape index (κ3) is 4.77. The van der Waals surface area contributed by atoms with Crippen LogP contribution < -0.4 is 0 Å². The molecule has 7 heteroatoms. The SMILES string of the molecule is CC(C(CCCC(=O)O)C(=O)O)C(CO)(CO)CO. The van der Waals surface area contributed by atoms with Gasteiger partial charge in [0, 0.05) is 11.8 Å². The van der Waals surface area contributed by atoms with Crippen molar-refractivity contribution in [3.63, 3.8) is 0 Å². The van der Waals surface area contributed by atoms with Crippen molar-refractivity contribution in [2.24, 2.45) is 17.3 Å². The van der Waals surface area contributed by atoms with Crippen LogP contribution in [0.2, 0.25) is 0 Å². The first kappa shape index (κ1) is 17.8. The summed E-state index contributed by atoms with van der Waals surface area (Å²) in [5.74, 6) is -3.74. The van der Waals surface area contributed by atoms with Gasteiger partial charge in [0.15, 0.2) is 0 Å². The van der Waals surface area contributed by atoms with Gasteiger partial charge in [-0.25, -0.2) is 0 Å². The summed E-state index contributed by atoms with van der Waals surface area (Å²) in [4.78, 5) is 21.6. The van der Waals surface area contributed by atoms with Crippen molar-refractivity contribution < 1.29 is 35.1 Å². The third-order valence-corrected chi connectivity index (χ3v) is 3.74. The van der Waals surface area contributed by atoms with Gasteiger partial charge in [0.1, 0.15) is 0 Å². The Morgan fingerprint density at radius 2 is 1.53 bits per heavy atom. The molecule has 0 heterocycles. The van der Waals surface area contributed by atoms with Crippen LogP contribution in [0.3, 0.4) is 0 Å². The Labute approximate surface area is 111 Å². The van der Waals surface area contributed by atoms with Crippen LogP contribution in [-0.2, 0) is 9.59 Å². The molecule has 0 aromatic rings. The van der Waals surface area contributed by atoms with Crippen molar-refractivity contribution in [3.05, 3.63) is 0 Å². The quantitative estimate of drug-likeness (QED) is 0.365. The summed E-state index contributed by atoms with van der Waals surface area (Å²) >= 11 is 0. The molecule has 19 heavy (non-hydrogen) atoms. The molecule has 2 unspecified atom stereocenters. The van der Waals surface area contributed by atoms with Gasteiger partial charge in [0.25, 0.3) is 0 Å². The van der Waals surface area contributed by atoms with Crippen LogP contribution in [0, 0.1) is 17.3 Å². The Morgan fingerprint density at radius 1 is 1.05 bits per heavy atom. The van der Waals surface area contributed by atoms with Crippen LogP contribution >= 0.6 is 0 Å². The van der Waals surface area contributed by atoms with Crippen LogP contribution in [0.15, 0.2) is 0 Å². The molecular weight excluding hydrogens is 256 g/mol. The van der Waals surface area contributed by atoms with Crippen molar-refractivity contribution >= 4 is 11.9 Å². The maximum Gasteiger partial charge on any atom is 0.306 e. The van der Waals surface area contributed by atoms with Gasteiger partial charge < -0.3 is 25.5 Å². The van der Waals surface area contributed by atoms with E-state index in [1.165, 1.54) is 6.92 Å². The summed E-state index contributed by atoms with van der Waals surface area (Å²) in [5, 5.41) is 45.6. The maximum atomic E-state index is 11.2. The molecule has 5 N–H and O–H groups in total. The number of aliphatic hydroxyl groups is 3. The molecule has 0 aliphatic carbocycles. The fourth-order valence-corrected chi connectivity index (χ4v) is 2.07. The molecule has 0 radical (unpaired) electrons. The van der Waals surface area contributed by atoms with Crippen molar-refractivity contribution in [1.82, 2.24) is 0 Å². The summed E-state index contributed by atoms with van der Waals surface area (Å²) < 4.78 is 0. The zero-order chi connectivity index (χ0) is 15.1. The first-order valence-electron chi connectivity index (χ1n) is 6.11. The van der Waals surface area contributed by atoms with Gasteiger partial charge in [-0.1, -0.05) is 6.92 Å². The van der Waals surface area contributed by atoms with Crippen molar-refractivity contribution in [2.75, 3.05) is 19.8 Å². The Balaban J connectivity index is 4.85. The summed E-state index contributed by atoms with van der Waals surface area (Å²) in [6.45, 7) is -0.0835. The van der Waals surface area contributed by atoms with E-state index in [0.717, 1.165) is 0 Å². The standard InChI is InChI=1S/C12H22O7/c1-8(12(5-13,6-14)7-15)9(11(18)19)3-2-4-10(16)17/h8-9,13-15H,2-7H2,1H3,(H,16,17)(H,18,19). The molecule has 0 aromatic heterocycles. The highest BCUT2D eigenvalue weighted by molar-refractivity contribution is 5.71. The molecule has 0 amide bonds. The van der Waals surface area contributed by atoms with Gasteiger partial charge in [-0.15, -0.1) is 0 Å². The lowest BCUT2D eigenvalue weighted by atomic mass is 9.70. The average Bonchev–Trinajstić information content (AvgIpc) is 2.36. The average molecular weight is 278 g/mol. The van der Waals surface area contributed by atoms with Crippen LogP contribution in [0.5, 0.6) is 0 Å². The molecule has 0 fully saturated rings. The lowest BCUT2D eigenvalue weighted by Crippen LogP contribution is -2.45. The normalized spacial score (nSPS) is 14.9. The lowest BCUT2D eigenvalue weighted by molar-refractivity contribution is -0.149. The molecule has 0 saturated carbocycles. The van der Waals surface area contributed by atoms with Gasteiger partial charge in [0.2, 0.25) is 0 Å². The van der Waals surface area contributed by atoms with E-state index >= 15 is 0 Å². The van der Waals surface area contributed by atoms with Crippen LogP contribution in [0.1, 0.15) is 26.2 Å². The van der Waals surface area contributed by atoms with E-state index < -0.39 is 49.0 Å². The Morgan fingerprint density at radius 3 is 1.84 bits per heavy atom. The van der Waals surface area contributed by atoms with E-state index in [1.807, 2.05) is 0 Å². The van der Waals surface area contributed by atoms with Crippen LogP contribution in [0.25, 0.3) is 0 Å². The smallest absolute Gasteiger partial charge is 0.306 e. The van der Waals surface area contributed by atoms with Crippen LogP contribution in [0.4, 0.5) is 0 Å². The minimum absolute atomic E-state index is 0.116. The summed E-state index contributed by atoms with van der Waals surface area (Å²) in [6.07, 6.45) is 0.167. The monoisotopic (exact) mass is 278 g/mol. The van der Waals surface area contributed by atoms with Crippen molar-refractivity contribution in [3.8, 4) is 0 Å². The molecular formula is C12H22O7. The highest BCUT2D eigenvalue weighted by Crippen LogP contribution is 2.35. The Hall–Kier alpha value is -1.18. The number of carboxylic acids is 2. The number of aliphatic hydroxyl groups excluding tert-OH is 3. The molecule has 7 nitrogen and oxygen atoms in total. The number of carboxylic acid groups (broad SMARTS) is 2. The van der Waals surface area contributed by atoms with E-state index in [-0.39, 0.29) is 19.3 Å². The molecule has 0 bridgehead atoms. The predicted octanol–water partition coefficient (Wildman–Crippen LogP) is -0.458. The van der Waals surface area contributed by atoms with E-state index in [0.29, 0.717) is 0 Å². The molecule has 2 atom stereocenters. The first-order valence-corrected chi connectivity index (χ1v) is 6.11. The molecule has 0 saturated heterocycles. The summed E-state index contributed by atoms with van der Waals surface area (Å²) in [5.41, 5.74) is -1.29. The van der Waals surface area contributed by atoms with Gasteiger partial charge in [-0.2, -0.15) is 0 Å². The van der Waals surface area contributed by atoms with E-state index in [2.05, 4.69) is 0 Å². The second-order valence-corrected chi connectivity index (χ2v) is 4.86. The van der Waals surface area contributed by atoms with Gasteiger partial charge >= 0.3 is 11.9 Å².